The molecule has 7 rings (SSSR count). The van der Waals surface area contributed by atoms with Crippen LogP contribution < -0.4 is 20.8 Å². The van der Waals surface area contributed by atoms with E-state index in [4.69, 9.17) is 4.74 Å². The van der Waals surface area contributed by atoms with E-state index >= 15 is 4.39 Å². The predicted molar refractivity (Wildman–Crippen MR) is 199 cm³/mol. The van der Waals surface area contributed by atoms with Crippen molar-refractivity contribution in [2.75, 3.05) is 18.4 Å². The van der Waals surface area contributed by atoms with E-state index < -0.39 is 17.2 Å². The first kappa shape index (κ1) is 33.4. The van der Waals surface area contributed by atoms with E-state index in [1.807, 2.05) is 65.2 Å². The lowest BCUT2D eigenvalue weighted by molar-refractivity contribution is 0.102. The number of H-pyrrole nitrogens is 1. The molecule has 3 aromatic carbocycles. The molecule has 1 aliphatic rings. The normalized spacial score (nSPS) is 13.8. The number of nitrogens with zero attached hydrogens (tertiary/aromatic N) is 5. The van der Waals surface area contributed by atoms with Gasteiger partial charge in [-0.15, -0.1) is 0 Å². The number of amides is 1. The largest absolute Gasteiger partial charge is 0.435 e. The number of aryl methyl sites for hydroxylation is 1. The number of halogens is 1. The molecule has 4 heterocycles. The monoisotopic (exact) mass is 684 g/mol. The summed E-state index contributed by atoms with van der Waals surface area (Å²) in [6, 6.07) is 19.6. The Morgan fingerprint density at radius 1 is 1.12 bits per heavy atom. The number of benzene rings is 3. The number of rotatable bonds is 9. The number of nitrogens with one attached hydrogen (secondary N) is 3. The number of carbonyl (C=O) groups is 1. The van der Waals surface area contributed by atoms with Crippen molar-refractivity contribution in [1.29, 1.82) is 0 Å². The summed E-state index contributed by atoms with van der Waals surface area (Å²) < 4.78 is 23.3. The molecule has 258 valence electrons. The van der Waals surface area contributed by atoms with Crippen LogP contribution in [0, 0.1) is 12.7 Å². The van der Waals surface area contributed by atoms with Gasteiger partial charge in [0.05, 0.1) is 16.9 Å². The van der Waals surface area contributed by atoms with E-state index in [-0.39, 0.29) is 28.9 Å². The van der Waals surface area contributed by atoms with Crippen molar-refractivity contribution in [1.82, 2.24) is 29.8 Å². The minimum Gasteiger partial charge on any atom is -0.435 e. The van der Waals surface area contributed by atoms with Gasteiger partial charge in [-0.3, -0.25) is 14.6 Å². The lowest BCUT2D eigenvalue weighted by Crippen LogP contribution is -2.38. The first-order chi connectivity index (χ1) is 24.7. The number of aromatic nitrogens is 4. The van der Waals surface area contributed by atoms with Gasteiger partial charge < -0.3 is 24.9 Å². The second-order valence-corrected chi connectivity index (χ2v) is 12.6. The topological polar surface area (TPSA) is 130 Å². The fourth-order valence-corrected chi connectivity index (χ4v) is 6.59. The molecule has 0 aliphatic carbocycles. The first-order valence-corrected chi connectivity index (χ1v) is 16.7. The van der Waals surface area contributed by atoms with Crippen molar-refractivity contribution in [2.24, 2.45) is 12.1 Å². The van der Waals surface area contributed by atoms with Crippen LogP contribution in [0.4, 0.5) is 10.1 Å². The molecule has 51 heavy (non-hydrogen) atoms. The minimum atomic E-state index is -0.723. The Hall–Kier alpha value is -6.14. The average Bonchev–Trinajstić information content (AvgIpc) is 3.60. The summed E-state index contributed by atoms with van der Waals surface area (Å²) in [7, 11) is 1.81. The molecular weight excluding hydrogens is 647 g/mol. The molecule has 1 aliphatic heterocycles. The van der Waals surface area contributed by atoms with Gasteiger partial charge in [0.25, 0.3) is 5.91 Å². The van der Waals surface area contributed by atoms with Gasteiger partial charge in [-0.1, -0.05) is 36.4 Å². The molecule has 11 nitrogen and oxygen atoms in total. The number of anilines is 1. The van der Waals surface area contributed by atoms with Gasteiger partial charge in [-0.25, -0.2) is 14.4 Å². The fourth-order valence-electron chi connectivity index (χ4n) is 6.59. The summed E-state index contributed by atoms with van der Waals surface area (Å²) >= 11 is 0. The Labute approximate surface area is 293 Å². The van der Waals surface area contributed by atoms with Crippen LogP contribution in [0.5, 0.6) is 11.6 Å². The summed E-state index contributed by atoms with van der Waals surface area (Å²) in [6.45, 7) is 9.27. The van der Waals surface area contributed by atoms with Crippen LogP contribution in [0.1, 0.15) is 41.4 Å². The highest BCUT2D eigenvalue weighted by molar-refractivity contribution is 6.07. The van der Waals surface area contributed by atoms with E-state index in [1.165, 1.54) is 18.5 Å². The second-order valence-electron chi connectivity index (χ2n) is 12.6. The van der Waals surface area contributed by atoms with Crippen LogP contribution in [0.2, 0.25) is 0 Å². The van der Waals surface area contributed by atoms with Crippen LogP contribution in [0.15, 0.2) is 95.4 Å². The Morgan fingerprint density at radius 3 is 2.65 bits per heavy atom. The number of hydrazone groups is 1. The number of pyridine rings is 1. The molecule has 6 aromatic rings. The number of hydrogen-bond acceptors (Lipinski definition) is 8. The lowest BCUT2D eigenvalue weighted by atomic mass is 10.0. The van der Waals surface area contributed by atoms with E-state index in [1.54, 1.807) is 26.2 Å². The third-order valence-corrected chi connectivity index (χ3v) is 9.47. The van der Waals surface area contributed by atoms with Crippen molar-refractivity contribution in [2.45, 2.75) is 32.7 Å². The molecule has 1 amide bonds. The number of allylic oxidation sites excluding steroid dienone is 1. The number of aromatic amines is 1. The van der Waals surface area contributed by atoms with Crippen molar-refractivity contribution in [3.63, 3.8) is 0 Å². The van der Waals surface area contributed by atoms with Crippen LogP contribution in [-0.4, -0.2) is 56.3 Å². The molecule has 1 fully saturated rings. The molecule has 3 N–H and O–H groups in total. The van der Waals surface area contributed by atoms with Crippen LogP contribution >= 0.6 is 0 Å². The highest BCUT2D eigenvalue weighted by Crippen LogP contribution is 2.36. The fraction of sp³-hybridized carbons (Fsp3) is 0.205. The maximum atomic E-state index is 15.5. The highest BCUT2D eigenvalue weighted by atomic mass is 19.1. The molecule has 0 atom stereocenters. The first-order valence-electron chi connectivity index (χ1n) is 16.7. The van der Waals surface area contributed by atoms with E-state index in [2.05, 4.69) is 37.4 Å². The zero-order valence-corrected chi connectivity index (χ0v) is 28.5. The molecule has 0 bridgehead atoms. The third kappa shape index (κ3) is 6.49. The molecule has 0 unspecified atom stereocenters. The number of ether oxygens (including phenoxy) is 1. The Bertz CT molecular complexity index is 2380. The Kier molecular flexibility index (Phi) is 9.16. The Balaban J connectivity index is 1.15. The molecule has 0 saturated carbocycles. The van der Waals surface area contributed by atoms with Gasteiger partial charge >= 0.3 is 0 Å². The molecule has 3 aromatic heterocycles. The second kappa shape index (κ2) is 14.0. The maximum Gasteiger partial charge on any atom is 0.261 e. The smallest absolute Gasteiger partial charge is 0.261 e. The standard InChI is InChI=1S/C39H37FN8O3/c1-23(21-48(41-3)28-14-16-42-17-15-28)26-10-12-32-29(18-26)36(49)34(24(2)47(32)4)38(50)46-27-11-13-33(31(40)19-27)51-39-35-30(25-8-6-5-7-9-25)20-43-37(35)44-22-45-39/h5-13,18-22,28,42H,3,14-17H2,1-2,4H3,(H,46,50)(H,43,44,45)/b23-21+. The van der Waals surface area contributed by atoms with E-state index in [9.17, 15) is 9.59 Å². The van der Waals surface area contributed by atoms with Crippen LogP contribution in [0.25, 0.3) is 38.6 Å². The molecule has 1 saturated heterocycles. The van der Waals surface area contributed by atoms with Crippen LogP contribution in [-0.2, 0) is 7.05 Å². The van der Waals surface area contributed by atoms with Gasteiger partial charge in [0, 0.05) is 54.6 Å². The molecular formula is C39H37FN8O3. The molecule has 12 heteroatoms. The maximum absolute atomic E-state index is 15.5. The average molecular weight is 685 g/mol. The molecule has 0 radical (unpaired) electrons. The van der Waals surface area contributed by atoms with Crippen molar-refractivity contribution in [3.05, 3.63) is 118 Å². The van der Waals surface area contributed by atoms with Gasteiger partial charge in [0.2, 0.25) is 11.3 Å². The third-order valence-electron chi connectivity index (χ3n) is 9.47. The van der Waals surface area contributed by atoms with E-state index in [0.717, 1.165) is 54.3 Å². The van der Waals surface area contributed by atoms with Crippen molar-refractivity contribution >= 4 is 45.8 Å². The zero-order chi connectivity index (χ0) is 35.6. The minimum absolute atomic E-state index is 0.0297. The highest BCUT2D eigenvalue weighted by Gasteiger charge is 2.22. The number of piperidine rings is 1. The number of hydrogen-bond donors (Lipinski definition) is 3. The summed E-state index contributed by atoms with van der Waals surface area (Å²) in [5.41, 5.74) is 4.88. The SMILES string of the molecule is C=NN(/C=C(\C)c1ccc2c(c1)c(=O)c(C(=O)Nc1ccc(Oc3ncnc4[nH]cc(-c5ccccc5)c34)c(F)c1)c(C)n2C)C1CCNCC1. The predicted octanol–water partition coefficient (Wildman–Crippen LogP) is 7.00. The quantitative estimate of drug-likeness (QED) is 0.111. The zero-order valence-electron chi connectivity index (χ0n) is 28.5. The van der Waals surface area contributed by atoms with Crippen molar-refractivity contribution in [3.8, 4) is 22.8 Å². The van der Waals surface area contributed by atoms with Gasteiger partial charge in [0.1, 0.15) is 17.5 Å². The van der Waals surface area contributed by atoms with Gasteiger partial charge in [0.15, 0.2) is 11.6 Å². The van der Waals surface area contributed by atoms with Gasteiger partial charge in [-0.2, -0.15) is 5.10 Å². The number of carbonyl (C=O) groups excluding carboxylic acids is 1. The molecule has 0 spiro atoms. The number of fused-ring (bicyclic) bond motifs is 2. The van der Waals surface area contributed by atoms with Crippen molar-refractivity contribution < 1.29 is 13.9 Å². The summed E-state index contributed by atoms with van der Waals surface area (Å²) in [5.74, 6) is -1.28. The summed E-state index contributed by atoms with van der Waals surface area (Å²) in [5, 5.41) is 13.2. The van der Waals surface area contributed by atoms with Gasteiger partial charge in [-0.05, 0) is 80.7 Å². The lowest BCUT2D eigenvalue weighted by Gasteiger charge is -2.30. The van der Waals surface area contributed by atoms with E-state index in [0.29, 0.717) is 27.6 Å². The Morgan fingerprint density at radius 2 is 1.90 bits per heavy atom. The van der Waals surface area contributed by atoms with Crippen LogP contribution in [0.3, 0.4) is 0 Å². The summed E-state index contributed by atoms with van der Waals surface area (Å²) in [4.78, 5) is 39.3. The summed E-state index contributed by atoms with van der Waals surface area (Å²) in [6.07, 6.45) is 7.00.